The Balaban J connectivity index is 1.69. The first kappa shape index (κ1) is 21.4. The van der Waals surface area contributed by atoms with E-state index in [1.54, 1.807) is 29.2 Å². The third-order valence-electron chi connectivity index (χ3n) is 5.41. The molecule has 1 unspecified atom stereocenters. The average Bonchev–Trinajstić information content (AvgIpc) is 3.08. The van der Waals surface area contributed by atoms with Crippen LogP contribution in [0.4, 0.5) is 5.69 Å². The van der Waals surface area contributed by atoms with Crippen LogP contribution in [0.25, 0.3) is 5.57 Å². The van der Waals surface area contributed by atoms with Gasteiger partial charge in [-0.2, -0.15) is 5.26 Å². The number of hydrogen-bond donors (Lipinski definition) is 1. The van der Waals surface area contributed by atoms with E-state index in [1.807, 2.05) is 67.6 Å². The number of rotatable bonds is 5. The fourth-order valence-corrected chi connectivity index (χ4v) is 3.89. The van der Waals surface area contributed by atoms with Crippen LogP contribution >= 0.6 is 11.6 Å². The molecule has 1 N–H and O–H groups in total. The van der Waals surface area contributed by atoms with Gasteiger partial charge in [0.15, 0.2) is 0 Å². The van der Waals surface area contributed by atoms with Crippen LogP contribution in [0.3, 0.4) is 0 Å². The predicted octanol–water partition coefficient (Wildman–Crippen LogP) is 5.04. The SMILES string of the molecule is CC(NC(=O)C(C#N)=C1C(=O)N(Cc2ccc(Cl)cc2)c2ccccc21)c1ccccc1. The number of anilines is 1. The molecule has 0 spiro atoms. The molecule has 0 radical (unpaired) electrons. The first-order chi connectivity index (χ1) is 15.5. The Morgan fingerprint density at radius 3 is 2.38 bits per heavy atom. The molecule has 0 saturated heterocycles. The van der Waals surface area contributed by atoms with Gasteiger partial charge >= 0.3 is 0 Å². The monoisotopic (exact) mass is 441 g/mol. The van der Waals surface area contributed by atoms with Gasteiger partial charge in [0.25, 0.3) is 11.8 Å². The summed E-state index contributed by atoms with van der Waals surface area (Å²) in [5.41, 5.74) is 2.97. The van der Waals surface area contributed by atoms with Gasteiger partial charge in [0.05, 0.1) is 23.8 Å². The van der Waals surface area contributed by atoms with Gasteiger partial charge in [0.1, 0.15) is 11.6 Å². The van der Waals surface area contributed by atoms with Crippen molar-refractivity contribution in [2.24, 2.45) is 0 Å². The van der Waals surface area contributed by atoms with Crippen LogP contribution in [0.1, 0.15) is 29.7 Å². The number of nitriles is 1. The van der Waals surface area contributed by atoms with Crippen LogP contribution in [0.2, 0.25) is 5.02 Å². The van der Waals surface area contributed by atoms with E-state index >= 15 is 0 Å². The van der Waals surface area contributed by atoms with Crippen LogP contribution in [-0.2, 0) is 16.1 Å². The summed E-state index contributed by atoms with van der Waals surface area (Å²) in [6.07, 6.45) is 0. The number of nitrogens with zero attached hydrogens (tertiary/aromatic N) is 2. The highest BCUT2D eigenvalue weighted by atomic mass is 35.5. The highest BCUT2D eigenvalue weighted by Crippen LogP contribution is 2.39. The van der Waals surface area contributed by atoms with Gasteiger partial charge in [0.2, 0.25) is 0 Å². The minimum atomic E-state index is -0.574. The average molecular weight is 442 g/mol. The number of amides is 2. The zero-order valence-electron chi connectivity index (χ0n) is 17.4. The quantitative estimate of drug-likeness (QED) is 0.445. The number of hydrogen-bond acceptors (Lipinski definition) is 3. The first-order valence-electron chi connectivity index (χ1n) is 10.2. The molecule has 2 amide bonds. The first-order valence-corrected chi connectivity index (χ1v) is 10.5. The van der Waals surface area contributed by atoms with Gasteiger partial charge in [-0.05, 0) is 36.2 Å². The summed E-state index contributed by atoms with van der Waals surface area (Å²) in [5.74, 6) is -0.949. The van der Waals surface area contributed by atoms with Crippen molar-refractivity contribution < 1.29 is 9.59 Å². The maximum Gasteiger partial charge on any atom is 0.263 e. The van der Waals surface area contributed by atoms with Gasteiger partial charge in [0, 0.05) is 10.6 Å². The molecule has 5 nitrogen and oxygen atoms in total. The van der Waals surface area contributed by atoms with E-state index < -0.39 is 5.91 Å². The Labute approximate surface area is 191 Å². The maximum atomic E-state index is 13.4. The molecule has 158 valence electrons. The standard InChI is InChI=1S/C26H20ClN3O2/c1-17(19-7-3-2-4-8-19)29-25(31)22(15-28)24-21-9-5-6-10-23(21)30(26(24)32)16-18-11-13-20(27)14-12-18/h2-14,17H,16H2,1H3,(H,29,31). The molecular formula is C26H20ClN3O2. The highest BCUT2D eigenvalue weighted by molar-refractivity contribution is 6.37. The van der Waals surface area contributed by atoms with Crippen molar-refractivity contribution in [3.63, 3.8) is 0 Å². The van der Waals surface area contributed by atoms with Crippen LogP contribution in [0.5, 0.6) is 0 Å². The van der Waals surface area contributed by atoms with E-state index in [2.05, 4.69) is 5.32 Å². The number of carbonyl (C=O) groups is 2. The largest absolute Gasteiger partial charge is 0.345 e. The summed E-state index contributed by atoms with van der Waals surface area (Å²) in [7, 11) is 0. The summed E-state index contributed by atoms with van der Waals surface area (Å²) < 4.78 is 0. The Morgan fingerprint density at radius 2 is 1.69 bits per heavy atom. The van der Waals surface area contributed by atoms with Gasteiger partial charge in [-0.3, -0.25) is 9.59 Å². The fourth-order valence-electron chi connectivity index (χ4n) is 3.77. The Bertz CT molecular complexity index is 1240. The molecule has 1 aliphatic heterocycles. The molecule has 0 saturated carbocycles. The minimum Gasteiger partial charge on any atom is -0.345 e. The summed E-state index contributed by atoms with van der Waals surface area (Å²) in [4.78, 5) is 28.0. The highest BCUT2D eigenvalue weighted by Gasteiger charge is 2.36. The summed E-state index contributed by atoms with van der Waals surface area (Å²) in [5, 5.41) is 13.3. The van der Waals surface area contributed by atoms with Crippen LogP contribution in [0.15, 0.2) is 84.4 Å². The molecule has 3 aromatic rings. The number of para-hydroxylation sites is 1. The lowest BCUT2D eigenvalue weighted by Crippen LogP contribution is -2.30. The number of fused-ring (bicyclic) bond motifs is 1. The van der Waals surface area contributed by atoms with Crippen LogP contribution in [0, 0.1) is 11.3 Å². The van der Waals surface area contributed by atoms with Crippen LogP contribution in [-0.4, -0.2) is 11.8 Å². The lowest BCUT2D eigenvalue weighted by atomic mass is 10.0. The Morgan fingerprint density at radius 1 is 1.03 bits per heavy atom. The number of nitrogens with one attached hydrogen (secondary N) is 1. The van der Waals surface area contributed by atoms with Gasteiger partial charge in [-0.25, -0.2) is 0 Å². The predicted molar refractivity (Wildman–Crippen MR) is 125 cm³/mol. The number of halogens is 1. The molecule has 3 aromatic carbocycles. The van der Waals surface area contributed by atoms with Crippen molar-refractivity contribution >= 4 is 34.7 Å². The topological polar surface area (TPSA) is 73.2 Å². The van der Waals surface area contributed by atoms with Gasteiger partial charge in [-0.1, -0.05) is 72.3 Å². The van der Waals surface area contributed by atoms with Crippen molar-refractivity contribution in [3.05, 3.63) is 106 Å². The minimum absolute atomic E-state index is 0.120. The van der Waals surface area contributed by atoms with Gasteiger partial charge < -0.3 is 10.2 Å². The van der Waals surface area contributed by atoms with Crippen molar-refractivity contribution in [3.8, 4) is 6.07 Å². The molecule has 1 atom stereocenters. The molecular weight excluding hydrogens is 422 g/mol. The molecule has 0 aliphatic carbocycles. The smallest absolute Gasteiger partial charge is 0.263 e. The van der Waals surface area contributed by atoms with Crippen molar-refractivity contribution in [2.75, 3.05) is 4.90 Å². The molecule has 4 rings (SSSR count). The third-order valence-corrected chi connectivity index (χ3v) is 5.67. The molecule has 0 fully saturated rings. The normalized spacial score (nSPS) is 15.0. The lowest BCUT2D eigenvalue weighted by molar-refractivity contribution is -0.118. The van der Waals surface area contributed by atoms with E-state index in [9.17, 15) is 14.9 Å². The molecule has 0 bridgehead atoms. The van der Waals surface area contributed by atoms with E-state index in [0.717, 1.165) is 11.1 Å². The van der Waals surface area contributed by atoms with Crippen molar-refractivity contribution in [1.82, 2.24) is 5.32 Å². The summed E-state index contributed by atoms with van der Waals surface area (Å²) in [6.45, 7) is 2.14. The maximum absolute atomic E-state index is 13.4. The molecule has 6 heteroatoms. The van der Waals surface area contributed by atoms with Crippen molar-refractivity contribution in [1.29, 1.82) is 5.26 Å². The summed E-state index contributed by atoms with van der Waals surface area (Å²) >= 11 is 5.97. The zero-order valence-corrected chi connectivity index (χ0v) is 18.1. The molecule has 32 heavy (non-hydrogen) atoms. The van der Waals surface area contributed by atoms with E-state index in [0.29, 0.717) is 22.8 Å². The fraction of sp³-hybridized carbons (Fsp3) is 0.115. The van der Waals surface area contributed by atoms with Crippen molar-refractivity contribution in [2.45, 2.75) is 19.5 Å². The molecule has 1 heterocycles. The molecule has 1 aliphatic rings. The zero-order chi connectivity index (χ0) is 22.7. The summed E-state index contributed by atoms with van der Waals surface area (Å²) in [6, 6.07) is 25.5. The van der Waals surface area contributed by atoms with E-state index in [-0.39, 0.29) is 23.1 Å². The van der Waals surface area contributed by atoms with E-state index in [4.69, 9.17) is 11.6 Å². The third kappa shape index (κ3) is 4.14. The number of benzene rings is 3. The lowest BCUT2D eigenvalue weighted by Gasteiger charge is -2.17. The van der Waals surface area contributed by atoms with Gasteiger partial charge in [-0.15, -0.1) is 0 Å². The van der Waals surface area contributed by atoms with Crippen LogP contribution < -0.4 is 10.2 Å². The molecule has 0 aromatic heterocycles. The Hall–Kier alpha value is -3.88. The second-order valence-electron chi connectivity index (χ2n) is 7.50. The number of carbonyl (C=O) groups excluding carboxylic acids is 2. The van der Waals surface area contributed by atoms with E-state index in [1.165, 1.54) is 0 Å². The second-order valence-corrected chi connectivity index (χ2v) is 7.94. The Kier molecular flexibility index (Phi) is 6.07. The second kappa shape index (κ2) is 9.09.